The summed E-state index contributed by atoms with van der Waals surface area (Å²) >= 11 is 0. The fraction of sp³-hybridized carbons (Fsp3) is 0.577. The highest BCUT2D eigenvalue weighted by Crippen LogP contribution is 2.37. The van der Waals surface area contributed by atoms with Crippen LogP contribution >= 0.6 is 0 Å². The third-order valence-electron chi connectivity index (χ3n) is 6.97. The molecule has 2 aromatic rings. The number of anilines is 1. The van der Waals surface area contributed by atoms with Crippen LogP contribution < -0.4 is 4.90 Å². The monoisotopic (exact) mass is 516 g/mol. The van der Waals surface area contributed by atoms with Crippen LogP contribution in [0.25, 0.3) is 11.1 Å². The Morgan fingerprint density at radius 3 is 2.50 bits per heavy atom. The van der Waals surface area contributed by atoms with Gasteiger partial charge in [-0.3, -0.25) is 0 Å². The van der Waals surface area contributed by atoms with Gasteiger partial charge >= 0.3 is 0 Å². The van der Waals surface area contributed by atoms with Crippen LogP contribution in [0.2, 0.25) is 18.1 Å². The average Bonchev–Trinajstić information content (AvgIpc) is 3.12. The van der Waals surface area contributed by atoms with E-state index in [1.54, 1.807) is 24.5 Å². The van der Waals surface area contributed by atoms with Crippen molar-refractivity contribution in [2.24, 2.45) is 5.16 Å². The highest BCUT2D eigenvalue weighted by atomic mass is 28.4. The Hall–Kier alpha value is -2.40. The molecule has 0 spiro atoms. The Morgan fingerprint density at radius 1 is 1.19 bits per heavy atom. The van der Waals surface area contributed by atoms with Gasteiger partial charge in [-0.05, 0) is 32.0 Å². The molecule has 3 heterocycles. The Balaban J connectivity index is 1.32. The molecule has 2 fully saturated rings. The first-order valence-electron chi connectivity index (χ1n) is 12.3. The van der Waals surface area contributed by atoms with Gasteiger partial charge in [0, 0.05) is 29.1 Å². The molecule has 8 nitrogen and oxygen atoms in total. The lowest BCUT2D eigenvalue weighted by Crippen LogP contribution is -2.48. The highest BCUT2D eigenvalue weighted by Gasteiger charge is 2.37. The molecule has 0 bridgehead atoms. The maximum absolute atomic E-state index is 15.3. The van der Waals surface area contributed by atoms with E-state index in [4.69, 9.17) is 18.7 Å². The molecular weight excluding hydrogens is 479 g/mol. The summed E-state index contributed by atoms with van der Waals surface area (Å²) in [6.07, 6.45) is 3.20. The zero-order chi connectivity index (χ0) is 26.1. The molecule has 1 atom stereocenters. The minimum absolute atomic E-state index is 0.0643. The van der Waals surface area contributed by atoms with Crippen LogP contribution in [0.3, 0.4) is 0 Å². The van der Waals surface area contributed by atoms with E-state index in [0.29, 0.717) is 48.9 Å². The minimum Gasteiger partial charge on any atom is -0.412 e. The number of nitrogens with zero attached hydrogens (tertiary/aromatic N) is 4. The largest absolute Gasteiger partial charge is 0.412 e. The van der Waals surface area contributed by atoms with E-state index in [1.165, 1.54) is 0 Å². The molecule has 0 aliphatic carbocycles. The van der Waals surface area contributed by atoms with Crippen molar-refractivity contribution in [1.82, 2.24) is 9.97 Å². The molecule has 2 aliphatic heterocycles. The third-order valence-corrected chi connectivity index (χ3v) is 11.5. The summed E-state index contributed by atoms with van der Waals surface area (Å²) in [6, 6.07) is 5.37. The van der Waals surface area contributed by atoms with Crippen molar-refractivity contribution < 1.29 is 23.1 Å². The quantitative estimate of drug-likeness (QED) is 0.355. The first kappa shape index (κ1) is 26.7. The first-order chi connectivity index (χ1) is 16.8. The number of aromatic nitrogens is 2. The van der Waals surface area contributed by atoms with Gasteiger partial charge in [0.25, 0.3) is 0 Å². The van der Waals surface area contributed by atoms with Crippen LogP contribution in [0.4, 0.5) is 10.3 Å². The van der Waals surface area contributed by atoms with Crippen molar-refractivity contribution in [1.29, 1.82) is 0 Å². The molecule has 1 aromatic carbocycles. The summed E-state index contributed by atoms with van der Waals surface area (Å²) in [5.41, 5.74) is 2.55. The molecule has 2 saturated heterocycles. The van der Waals surface area contributed by atoms with Gasteiger partial charge in [0.2, 0.25) is 5.95 Å². The zero-order valence-electron chi connectivity index (χ0n) is 22.3. The molecule has 0 amide bonds. The van der Waals surface area contributed by atoms with Gasteiger partial charge in [0.05, 0.1) is 32.0 Å². The molecule has 10 heteroatoms. The van der Waals surface area contributed by atoms with Crippen LogP contribution in [0.5, 0.6) is 0 Å². The molecule has 36 heavy (non-hydrogen) atoms. The van der Waals surface area contributed by atoms with Crippen LogP contribution in [-0.4, -0.2) is 62.2 Å². The van der Waals surface area contributed by atoms with Crippen LogP contribution in [0.15, 0.2) is 35.7 Å². The smallest absolute Gasteiger partial charge is 0.225 e. The summed E-state index contributed by atoms with van der Waals surface area (Å²) in [5.74, 6) is -0.284. The van der Waals surface area contributed by atoms with Crippen molar-refractivity contribution >= 4 is 20.0 Å². The molecule has 1 unspecified atom stereocenters. The second kappa shape index (κ2) is 10.2. The third kappa shape index (κ3) is 6.11. The fourth-order valence-corrected chi connectivity index (χ4v) is 4.61. The van der Waals surface area contributed by atoms with Gasteiger partial charge in [-0.1, -0.05) is 44.1 Å². The lowest BCUT2D eigenvalue weighted by atomic mass is 10.1. The summed E-state index contributed by atoms with van der Waals surface area (Å²) in [6.45, 7) is 16.9. The van der Waals surface area contributed by atoms with E-state index >= 15 is 4.39 Å². The van der Waals surface area contributed by atoms with Crippen LogP contribution in [-0.2, 0) is 25.3 Å². The average molecular weight is 517 g/mol. The lowest BCUT2D eigenvalue weighted by Gasteiger charge is -2.36. The fourth-order valence-electron chi connectivity index (χ4n) is 3.66. The van der Waals surface area contributed by atoms with E-state index in [0.717, 1.165) is 5.71 Å². The number of hydrogen-bond acceptors (Lipinski definition) is 8. The molecular formula is C26H37FN4O4Si. The summed E-state index contributed by atoms with van der Waals surface area (Å²) in [7, 11) is -1.98. The highest BCUT2D eigenvalue weighted by molar-refractivity contribution is 6.74. The number of hydrogen-bond donors (Lipinski definition) is 0. The summed E-state index contributed by atoms with van der Waals surface area (Å²) < 4.78 is 32.8. The lowest BCUT2D eigenvalue weighted by molar-refractivity contribution is -0.145. The Bertz CT molecular complexity index is 1090. The van der Waals surface area contributed by atoms with E-state index in [9.17, 15) is 0 Å². The van der Waals surface area contributed by atoms with Gasteiger partial charge in [-0.15, -0.1) is 0 Å². The van der Waals surface area contributed by atoms with Crippen LogP contribution in [0, 0.1) is 5.82 Å². The number of benzene rings is 1. The van der Waals surface area contributed by atoms with Crippen molar-refractivity contribution in [3.05, 3.63) is 42.0 Å². The molecule has 0 saturated carbocycles. The van der Waals surface area contributed by atoms with E-state index in [2.05, 4.69) is 49.0 Å². The van der Waals surface area contributed by atoms with E-state index < -0.39 is 14.1 Å². The number of halogens is 1. The van der Waals surface area contributed by atoms with E-state index in [-0.39, 0.29) is 23.6 Å². The van der Waals surface area contributed by atoms with Gasteiger partial charge in [0.15, 0.2) is 14.1 Å². The molecule has 196 valence electrons. The summed E-state index contributed by atoms with van der Waals surface area (Å²) in [5, 5.41) is 4.24. The molecule has 1 aromatic heterocycles. The predicted molar refractivity (Wildman–Crippen MR) is 140 cm³/mol. The molecule has 0 N–H and O–H groups in total. The molecule has 2 aliphatic rings. The standard InChI is InChI=1S/C26H37FN4O4Si/c1-25(2,3)36(6,7)34-15-18-9-8-10-22(23(18)27)19-11-28-24(29-12-19)31-13-20(14-31)30-33-17-21-16-32-26(4,5)35-21/h8-12,21H,13-17H2,1-7H3. The Morgan fingerprint density at radius 2 is 1.89 bits per heavy atom. The first-order valence-corrected chi connectivity index (χ1v) is 15.2. The molecule has 0 radical (unpaired) electrons. The van der Waals surface area contributed by atoms with Crippen LogP contribution in [0.1, 0.15) is 40.2 Å². The van der Waals surface area contributed by atoms with E-state index in [1.807, 2.05) is 24.8 Å². The second-order valence-electron chi connectivity index (χ2n) is 11.4. The van der Waals surface area contributed by atoms with Crippen molar-refractivity contribution in [3.63, 3.8) is 0 Å². The number of oxime groups is 1. The van der Waals surface area contributed by atoms with Crippen molar-refractivity contribution in [3.8, 4) is 11.1 Å². The van der Waals surface area contributed by atoms with Gasteiger partial charge < -0.3 is 23.6 Å². The number of rotatable bonds is 8. The summed E-state index contributed by atoms with van der Waals surface area (Å²) in [4.78, 5) is 16.3. The SMILES string of the molecule is CC1(C)OCC(CON=C2CN(c3ncc(-c4cccc(CO[Si](C)(C)C(C)(C)C)c4F)cn3)C2)O1. The number of ether oxygens (including phenoxy) is 2. The zero-order valence-corrected chi connectivity index (χ0v) is 23.3. The normalized spacial score (nSPS) is 19.8. The Labute approximate surface area is 213 Å². The maximum atomic E-state index is 15.3. The Kier molecular flexibility index (Phi) is 7.52. The van der Waals surface area contributed by atoms with Gasteiger partial charge in [-0.25, -0.2) is 14.4 Å². The maximum Gasteiger partial charge on any atom is 0.225 e. The van der Waals surface area contributed by atoms with Crippen molar-refractivity contribution in [2.45, 2.75) is 71.2 Å². The topological polar surface area (TPSA) is 78.3 Å². The van der Waals surface area contributed by atoms with Crippen molar-refractivity contribution in [2.75, 3.05) is 31.2 Å². The van der Waals surface area contributed by atoms with Gasteiger partial charge in [0.1, 0.15) is 18.5 Å². The van der Waals surface area contributed by atoms with Gasteiger partial charge in [-0.2, -0.15) is 0 Å². The minimum atomic E-state index is -1.98. The second-order valence-corrected chi connectivity index (χ2v) is 16.2. The molecule has 4 rings (SSSR count). The predicted octanol–water partition coefficient (Wildman–Crippen LogP) is 5.15.